The largest absolute Gasteiger partial charge is 0.460 e. The van der Waals surface area contributed by atoms with E-state index in [1.165, 1.54) is 0 Å². The molecule has 0 aliphatic heterocycles. The molecule has 0 aromatic carbocycles. The predicted molar refractivity (Wildman–Crippen MR) is 88.8 cm³/mol. The van der Waals surface area contributed by atoms with Crippen LogP contribution in [0.2, 0.25) is 0 Å². The quantitative estimate of drug-likeness (QED) is 0.0717. The Morgan fingerprint density at radius 1 is 0.478 bits per heavy atom. The Bertz CT molecular complexity index is 1280. The maximum Gasteiger partial charge on any atom is 0.460 e. The number of hydrogen-bond donors (Lipinski definition) is 1. The molecule has 0 radical (unpaired) electrons. The van der Waals surface area contributed by atoms with Crippen molar-refractivity contribution in [3.63, 3.8) is 0 Å². The number of halogens is 25. The third kappa shape index (κ3) is 5.64. The summed E-state index contributed by atoms with van der Waals surface area (Å²) >= 11 is 0. The molecule has 0 aromatic rings. The molecule has 0 aliphatic carbocycles. The first-order valence-electron chi connectivity index (χ1n) is 9.53. The fourth-order valence-electron chi connectivity index (χ4n) is 2.26. The standard InChI is InChI=1S/C15H4F25NO4S/c1-2-3(42)45-15(40,11(30,31)9(26,27)13(35,36)37)41-46(43,44)14(38,39)10(28,29)7(22,23)5(18,19)4(16,17)6(20,21)8(24,25)12(32,33)34/h2,41H,1H2. The van der Waals surface area contributed by atoms with E-state index in [1.54, 1.807) is 0 Å². The van der Waals surface area contributed by atoms with Crippen LogP contribution >= 0.6 is 0 Å². The Morgan fingerprint density at radius 3 is 1.02 bits per heavy atom. The highest BCUT2D eigenvalue weighted by Gasteiger charge is 2.96. The first-order chi connectivity index (χ1) is 19.4. The van der Waals surface area contributed by atoms with Gasteiger partial charge >= 0.3 is 76.9 Å². The van der Waals surface area contributed by atoms with Gasteiger partial charge in [0, 0.05) is 6.08 Å². The van der Waals surface area contributed by atoms with Crippen molar-refractivity contribution in [2.45, 2.75) is 71.0 Å². The number of esters is 1. The number of carbonyl (C=O) groups excluding carboxylic acids is 1. The fourth-order valence-corrected chi connectivity index (χ4v) is 3.37. The van der Waals surface area contributed by atoms with Crippen LogP contribution in [0.25, 0.3) is 0 Å². The average Bonchev–Trinajstić information content (AvgIpc) is 2.80. The molecule has 0 aliphatic rings. The number of sulfonamides is 1. The van der Waals surface area contributed by atoms with E-state index in [9.17, 15) is 123 Å². The maximum absolute atomic E-state index is 14.5. The predicted octanol–water partition coefficient (Wildman–Crippen LogP) is 7.06. The minimum absolute atomic E-state index is 0.856. The highest BCUT2D eigenvalue weighted by molar-refractivity contribution is 7.90. The molecule has 5 nitrogen and oxygen atoms in total. The molecule has 274 valence electrons. The van der Waals surface area contributed by atoms with Crippen molar-refractivity contribution >= 4 is 16.0 Å². The Hall–Kier alpha value is -2.63. The van der Waals surface area contributed by atoms with E-state index in [1.807, 2.05) is 0 Å². The van der Waals surface area contributed by atoms with Gasteiger partial charge in [-0.05, 0) is 0 Å². The summed E-state index contributed by atoms with van der Waals surface area (Å²) in [5.41, 5.74) is 0. The zero-order chi connectivity index (χ0) is 38.2. The van der Waals surface area contributed by atoms with Crippen LogP contribution in [-0.4, -0.2) is 85.4 Å². The molecule has 46 heavy (non-hydrogen) atoms. The van der Waals surface area contributed by atoms with Crippen molar-refractivity contribution in [2.24, 2.45) is 0 Å². The molecule has 1 unspecified atom stereocenters. The van der Waals surface area contributed by atoms with Crippen LogP contribution in [0.3, 0.4) is 0 Å². The molecule has 0 saturated heterocycles. The first kappa shape index (κ1) is 43.4. The summed E-state index contributed by atoms with van der Waals surface area (Å²) in [5, 5.41) is -8.95. The molecule has 1 N–H and O–H groups in total. The van der Waals surface area contributed by atoms with Gasteiger partial charge in [-0.25, -0.2) is 13.2 Å². The third-order valence-electron chi connectivity index (χ3n) is 4.86. The smallest absolute Gasteiger partial charge is 0.405 e. The maximum atomic E-state index is 14.5. The molecule has 1 atom stereocenters. The number of carbonyl (C=O) groups is 1. The minimum atomic E-state index is -9.50. The molecule has 31 heteroatoms. The Morgan fingerprint density at radius 2 is 0.739 bits per heavy atom. The highest BCUT2D eigenvalue weighted by atomic mass is 32.2. The second-order valence-electron chi connectivity index (χ2n) is 7.93. The molecular weight excluding hydrogens is 765 g/mol. The van der Waals surface area contributed by atoms with E-state index in [0.717, 1.165) is 0 Å². The van der Waals surface area contributed by atoms with Crippen LogP contribution in [0.15, 0.2) is 12.7 Å². The molecule has 0 rings (SSSR count). The van der Waals surface area contributed by atoms with Crippen LogP contribution in [0.5, 0.6) is 0 Å². The third-order valence-corrected chi connectivity index (χ3v) is 6.32. The van der Waals surface area contributed by atoms with Crippen molar-refractivity contribution in [3.05, 3.63) is 12.7 Å². The molecule has 0 aromatic heterocycles. The van der Waals surface area contributed by atoms with Gasteiger partial charge in [-0.3, -0.25) is 0 Å². The number of nitrogens with one attached hydrogen (secondary N) is 1. The molecule has 0 heterocycles. The lowest BCUT2D eigenvalue weighted by Gasteiger charge is -2.43. The van der Waals surface area contributed by atoms with Crippen molar-refractivity contribution in [3.8, 4) is 0 Å². The van der Waals surface area contributed by atoms with E-state index < -0.39 is 97.8 Å². The van der Waals surface area contributed by atoms with Crippen LogP contribution < -0.4 is 4.72 Å². The second-order valence-corrected chi connectivity index (χ2v) is 9.66. The molecule has 0 saturated carbocycles. The summed E-state index contributed by atoms with van der Waals surface area (Å²) < 4.78 is 355. The van der Waals surface area contributed by atoms with Gasteiger partial charge in [0.2, 0.25) is 0 Å². The van der Waals surface area contributed by atoms with Crippen LogP contribution in [0.1, 0.15) is 0 Å². The second kappa shape index (κ2) is 11.0. The van der Waals surface area contributed by atoms with Crippen molar-refractivity contribution in [1.29, 1.82) is 0 Å². The Balaban J connectivity index is 7.53. The summed E-state index contributed by atoms with van der Waals surface area (Å²) in [4.78, 5) is 10.9. The summed E-state index contributed by atoms with van der Waals surface area (Å²) in [5.74, 6) is -82.9. The van der Waals surface area contributed by atoms with Gasteiger partial charge in [-0.2, -0.15) is 110 Å². The lowest BCUT2D eigenvalue weighted by molar-refractivity contribution is -0.458. The Kier molecular flexibility index (Phi) is 10.3. The number of ether oxygens (including phenoxy) is 1. The van der Waals surface area contributed by atoms with Crippen molar-refractivity contribution in [1.82, 2.24) is 4.72 Å². The molecule has 0 fully saturated rings. The van der Waals surface area contributed by atoms with Gasteiger partial charge in [0.05, 0.1) is 0 Å². The fraction of sp³-hybridized carbons (Fsp3) is 0.800. The van der Waals surface area contributed by atoms with Crippen LogP contribution in [0, 0.1) is 0 Å². The Labute approximate surface area is 233 Å². The van der Waals surface area contributed by atoms with Gasteiger partial charge < -0.3 is 4.74 Å². The summed E-state index contributed by atoms with van der Waals surface area (Å²) in [7, 11) is -9.37. The lowest BCUT2D eigenvalue weighted by Crippen LogP contribution is -2.76. The summed E-state index contributed by atoms with van der Waals surface area (Å²) in [6.07, 6.45) is -17.0. The van der Waals surface area contributed by atoms with Gasteiger partial charge in [0.15, 0.2) is 0 Å². The number of alkyl halides is 25. The normalized spacial score (nSPS) is 17.4. The molecule has 0 bridgehead atoms. The molecule has 0 spiro atoms. The van der Waals surface area contributed by atoms with E-state index in [2.05, 4.69) is 11.3 Å². The monoisotopic (exact) mass is 769 g/mol. The number of hydrogen-bond acceptors (Lipinski definition) is 4. The first-order valence-corrected chi connectivity index (χ1v) is 11.0. The average molecular weight is 769 g/mol. The van der Waals surface area contributed by atoms with Gasteiger partial charge in [-0.1, -0.05) is 6.58 Å². The van der Waals surface area contributed by atoms with Gasteiger partial charge in [-0.15, -0.1) is 4.72 Å². The summed E-state index contributed by atoms with van der Waals surface area (Å²) in [6.45, 7) is 2.08. The van der Waals surface area contributed by atoms with Gasteiger partial charge in [0.1, 0.15) is 0 Å². The number of rotatable bonds is 13. The van der Waals surface area contributed by atoms with Crippen molar-refractivity contribution < 1.29 is 128 Å². The van der Waals surface area contributed by atoms with Crippen LogP contribution in [-0.2, 0) is 19.6 Å². The molecular formula is C15H4F25NO4S. The zero-order valence-electron chi connectivity index (χ0n) is 19.8. The van der Waals surface area contributed by atoms with Crippen LogP contribution in [0.4, 0.5) is 110 Å². The van der Waals surface area contributed by atoms with Gasteiger partial charge in [0.25, 0.3) is 10.0 Å². The van der Waals surface area contributed by atoms with E-state index in [0.29, 0.717) is 0 Å². The summed E-state index contributed by atoms with van der Waals surface area (Å²) in [6, 6.07) is 0. The minimum Gasteiger partial charge on any atom is -0.405 e. The zero-order valence-corrected chi connectivity index (χ0v) is 20.6. The van der Waals surface area contributed by atoms with E-state index in [4.69, 9.17) is 0 Å². The topological polar surface area (TPSA) is 72.5 Å². The van der Waals surface area contributed by atoms with E-state index in [-0.39, 0.29) is 0 Å². The van der Waals surface area contributed by atoms with E-state index >= 15 is 0 Å². The molecule has 0 amide bonds. The van der Waals surface area contributed by atoms with Crippen molar-refractivity contribution in [2.75, 3.05) is 0 Å². The SMILES string of the molecule is C=CC(=O)OC(F)(NS(=O)(=O)C(F)(F)C(F)(F)C(F)(F)C(F)(F)C(F)(F)C(F)(F)C(F)(F)C(F)(F)F)C(F)(F)C(F)(F)C(F)(F)F. The lowest BCUT2D eigenvalue weighted by atomic mass is 9.91. The highest BCUT2D eigenvalue weighted by Crippen LogP contribution is 2.64.